The highest BCUT2D eigenvalue weighted by Gasteiger charge is 2.67. The molecular weight excluding hydrogens is 607 g/mol. The molecule has 1 aliphatic rings. The largest absolute Gasteiger partial charge is 0.326 e. The maximum absolute atomic E-state index is 14.5. The van der Waals surface area contributed by atoms with Crippen LogP contribution < -0.4 is 10.6 Å². The van der Waals surface area contributed by atoms with Crippen molar-refractivity contribution < 1.29 is 22.8 Å². The molecule has 1 aliphatic carbocycles. The first kappa shape index (κ1) is 30.1. The summed E-state index contributed by atoms with van der Waals surface area (Å²) >= 11 is 31.0. The van der Waals surface area contributed by atoms with Crippen LogP contribution in [0.5, 0.6) is 0 Å². The van der Waals surface area contributed by atoms with Crippen LogP contribution in [0.25, 0.3) is 0 Å². The molecule has 0 aromatic heterocycles. The van der Waals surface area contributed by atoms with Crippen LogP contribution in [0.2, 0.25) is 15.1 Å². The molecule has 2 N–H and O–H groups in total. The third-order valence-electron chi connectivity index (χ3n) is 5.49. The summed E-state index contributed by atoms with van der Waals surface area (Å²) in [6.45, 7) is 7.29. The van der Waals surface area contributed by atoms with E-state index in [9.17, 15) is 22.8 Å². The van der Waals surface area contributed by atoms with Gasteiger partial charge in [-0.1, -0.05) is 48.0 Å². The lowest BCUT2D eigenvalue weighted by Gasteiger charge is -2.14. The van der Waals surface area contributed by atoms with Crippen LogP contribution in [0.4, 0.5) is 18.9 Å². The van der Waals surface area contributed by atoms with Crippen molar-refractivity contribution in [1.29, 1.82) is 0 Å². The van der Waals surface area contributed by atoms with E-state index in [1.807, 2.05) is 0 Å². The monoisotopic (exact) mass is 622 g/mol. The Bertz CT molecular complexity index is 1400. The lowest BCUT2D eigenvalue weighted by atomic mass is 10.1. The van der Waals surface area contributed by atoms with Gasteiger partial charge in [-0.05, 0) is 48.9 Å². The fourth-order valence-electron chi connectivity index (χ4n) is 3.66. The smallest absolute Gasteiger partial charge is 0.257 e. The lowest BCUT2D eigenvalue weighted by molar-refractivity contribution is -0.117. The molecule has 12 heteroatoms. The fourth-order valence-corrected chi connectivity index (χ4v) is 5.24. The Morgan fingerprint density at radius 2 is 1.61 bits per heavy atom. The third kappa shape index (κ3) is 6.77. The van der Waals surface area contributed by atoms with E-state index in [1.54, 1.807) is 12.1 Å². The van der Waals surface area contributed by atoms with Gasteiger partial charge in [-0.15, -0.1) is 23.2 Å². The second-order valence-corrected chi connectivity index (χ2v) is 11.0. The zero-order chi connectivity index (χ0) is 28.5. The maximum Gasteiger partial charge on any atom is 0.257 e. The Morgan fingerprint density at radius 3 is 2.16 bits per heavy atom. The van der Waals surface area contributed by atoms with Gasteiger partial charge in [0.25, 0.3) is 5.91 Å². The van der Waals surface area contributed by atoms with E-state index in [4.69, 9.17) is 58.0 Å². The summed E-state index contributed by atoms with van der Waals surface area (Å²) in [5, 5.41) is 5.33. The molecule has 4 nitrogen and oxygen atoms in total. The van der Waals surface area contributed by atoms with Gasteiger partial charge in [0.15, 0.2) is 0 Å². The SMILES string of the molecule is C=C(F)C(=C)/C(NC(=O)c1cc(NC(=O)C2C(c3cc(Cl)cc(Cl)c3)C2(Cl)Cl)ccc1Cl)=C(F)\C=C(/C)F. The Kier molecular flexibility index (Phi) is 9.32. The number of carbonyl (C=O) groups excluding carboxylic acids is 2. The second kappa shape index (κ2) is 11.8. The van der Waals surface area contributed by atoms with E-state index in [2.05, 4.69) is 23.8 Å². The van der Waals surface area contributed by atoms with E-state index in [0.717, 1.165) is 6.92 Å². The Hall–Kier alpha value is -2.42. The van der Waals surface area contributed by atoms with E-state index in [-0.39, 0.29) is 16.3 Å². The van der Waals surface area contributed by atoms with Crippen LogP contribution in [-0.4, -0.2) is 16.1 Å². The molecule has 2 unspecified atom stereocenters. The normalized spacial score (nSPS) is 18.8. The summed E-state index contributed by atoms with van der Waals surface area (Å²) in [6, 6.07) is 8.62. The first-order chi connectivity index (χ1) is 17.6. The average molecular weight is 625 g/mol. The lowest BCUT2D eigenvalue weighted by Crippen LogP contribution is -2.25. The zero-order valence-corrected chi connectivity index (χ0v) is 23.2. The summed E-state index contributed by atoms with van der Waals surface area (Å²) in [5.41, 5.74) is -0.888. The van der Waals surface area contributed by atoms with Crippen molar-refractivity contribution in [3.63, 3.8) is 0 Å². The second-order valence-electron chi connectivity index (χ2n) is 8.31. The first-order valence-electron chi connectivity index (χ1n) is 10.7. The van der Waals surface area contributed by atoms with Crippen LogP contribution >= 0.6 is 58.0 Å². The molecule has 1 fully saturated rings. The quantitative estimate of drug-likeness (QED) is 0.228. The van der Waals surface area contributed by atoms with Crippen LogP contribution in [0.3, 0.4) is 0 Å². The van der Waals surface area contributed by atoms with Gasteiger partial charge in [-0.25, -0.2) is 13.2 Å². The van der Waals surface area contributed by atoms with Crippen molar-refractivity contribution in [2.45, 2.75) is 17.2 Å². The highest BCUT2D eigenvalue weighted by atomic mass is 35.5. The molecule has 0 aliphatic heterocycles. The number of halogens is 8. The van der Waals surface area contributed by atoms with Gasteiger partial charge >= 0.3 is 0 Å². The van der Waals surface area contributed by atoms with Crippen molar-refractivity contribution in [1.82, 2.24) is 5.32 Å². The number of alkyl halides is 2. The van der Waals surface area contributed by atoms with Crippen LogP contribution in [0.15, 0.2) is 84.4 Å². The molecule has 2 atom stereocenters. The molecule has 0 saturated heterocycles. The minimum atomic E-state index is -1.45. The molecule has 0 radical (unpaired) electrons. The van der Waals surface area contributed by atoms with Crippen molar-refractivity contribution >= 4 is 75.5 Å². The number of benzene rings is 2. The van der Waals surface area contributed by atoms with Crippen molar-refractivity contribution in [3.8, 4) is 0 Å². The number of rotatable bonds is 8. The summed E-state index contributed by atoms with van der Waals surface area (Å²) in [6.07, 6.45) is 0.436. The zero-order valence-electron chi connectivity index (χ0n) is 19.5. The van der Waals surface area contributed by atoms with Crippen LogP contribution in [-0.2, 0) is 4.79 Å². The number of anilines is 1. The summed E-state index contributed by atoms with van der Waals surface area (Å²) < 4.78 is 39.9. The van der Waals surface area contributed by atoms with Crippen LogP contribution in [0.1, 0.15) is 28.8 Å². The number of amides is 2. The minimum Gasteiger partial charge on any atom is -0.326 e. The summed E-state index contributed by atoms with van der Waals surface area (Å²) in [7, 11) is 0. The maximum atomic E-state index is 14.5. The van der Waals surface area contributed by atoms with Crippen molar-refractivity contribution in [2.75, 3.05) is 5.32 Å². The average Bonchev–Trinajstić information content (AvgIpc) is 3.38. The molecule has 38 heavy (non-hydrogen) atoms. The fraction of sp³-hybridized carbons (Fsp3) is 0.154. The molecule has 1 saturated carbocycles. The Morgan fingerprint density at radius 1 is 1.00 bits per heavy atom. The number of nitrogens with one attached hydrogen (secondary N) is 2. The predicted octanol–water partition coefficient (Wildman–Crippen LogP) is 9.00. The highest BCUT2D eigenvalue weighted by molar-refractivity contribution is 6.53. The predicted molar refractivity (Wildman–Crippen MR) is 147 cm³/mol. The molecule has 200 valence electrons. The number of allylic oxidation sites excluding steroid dienone is 4. The van der Waals surface area contributed by atoms with E-state index < -0.39 is 56.7 Å². The van der Waals surface area contributed by atoms with E-state index >= 15 is 0 Å². The third-order valence-corrected chi connectivity index (χ3v) is 7.20. The summed E-state index contributed by atoms with van der Waals surface area (Å²) in [5.74, 6) is -6.46. The number of hydrogen-bond acceptors (Lipinski definition) is 2. The Labute approximate surface area is 241 Å². The molecular formula is C26H18Cl5F3N2O2. The van der Waals surface area contributed by atoms with E-state index in [1.165, 1.54) is 24.3 Å². The number of carbonyl (C=O) groups is 2. The van der Waals surface area contributed by atoms with E-state index in [0.29, 0.717) is 21.7 Å². The first-order valence-corrected chi connectivity index (χ1v) is 12.6. The molecule has 2 amide bonds. The van der Waals surface area contributed by atoms with Gasteiger partial charge < -0.3 is 10.6 Å². The minimum absolute atomic E-state index is 0.0796. The van der Waals surface area contributed by atoms with Crippen molar-refractivity contribution in [3.05, 3.63) is 111 Å². The van der Waals surface area contributed by atoms with Gasteiger partial charge in [0.05, 0.1) is 28.0 Å². The van der Waals surface area contributed by atoms with Gasteiger partial charge in [0.1, 0.15) is 16.0 Å². The van der Waals surface area contributed by atoms with Crippen LogP contribution in [0, 0.1) is 5.92 Å². The topological polar surface area (TPSA) is 58.2 Å². The summed E-state index contributed by atoms with van der Waals surface area (Å²) in [4.78, 5) is 25.9. The molecule has 2 aromatic carbocycles. The standard InChI is InChI=1S/C26H18Cl5F3N2O2/c1-11(32)6-20(34)23(12(2)13(3)33)36-24(37)18-10-17(4-5-19(18)29)35-25(38)22-21(26(22,30)31)14-7-15(27)9-16(28)8-14/h4-10,21-22H,2-3H2,1H3,(H,35,38)(H,36,37)/b11-6+,23-20-. The van der Waals surface area contributed by atoms with Gasteiger partial charge in [-0.2, -0.15) is 0 Å². The Balaban J connectivity index is 1.85. The molecule has 2 aromatic rings. The highest BCUT2D eigenvalue weighted by Crippen LogP contribution is 2.65. The molecule has 0 spiro atoms. The number of hydrogen-bond donors (Lipinski definition) is 2. The molecule has 3 rings (SSSR count). The van der Waals surface area contributed by atoms with Gasteiger partial charge in [0.2, 0.25) is 5.91 Å². The molecule has 0 heterocycles. The van der Waals surface area contributed by atoms with Crippen molar-refractivity contribution in [2.24, 2.45) is 5.92 Å². The molecule has 0 bridgehead atoms. The van der Waals surface area contributed by atoms with Gasteiger partial charge in [-0.3, -0.25) is 9.59 Å². The van der Waals surface area contributed by atoms with Gasteiger partial charge in [0, 0.05) is 33.3 Å².